The second-order valence-corrected chi connectivity index (χ2v) is 10.9. The van der Waals surface area contributed by atoms with Crippen molar-refractivity contribution in [3.63, 3.8) is 0 Å². The number of hydrogen-bond acceptors (Lipinski definition) is 3. The van der Waals surface area contributed by atoms with E-state index in [0.717, 1.165) is 33.6 Å². The van der Waals surface area contributed by atoms with E-state index in [4.69, 9.17) is 0 Å². The zero-order chi connectivity index (χ0) is 25.2. The van der Waals surface area contributed by atoms with Gasteiger partial charge in [0.1, 0.15) is 6.54 Å². The van der Waals surface area contributed by atoms with Crippen molar-refractivity contribution in [1.29, 1.82) is 0 Å². The van der Waals surface area contributed by atoms with Gasteiger partial charge in [0.2, 0.25) is 5.91 Å². The van der Waals surface area contributed by atoms with Crippen molar-refractivity contribution in [1.82, 2.24) is 4.57 Å². The minimum atomic E-state index is -1.30. The molecule has 3 aromatic carbocycles. The monoisotopic (exact) mass is 500 g/mol. The van der Waals surface area contributed by atoms with Gasteiger partial charge in [-0.05, 0) is 49.1 Å². The molecule has 5 nitrogen and oxygen atoms in total. The third-order valence-electron chi connectivity index (χ3n) is 7.80. The van der Waals surface area contributed by atoms with Crippen molar-refractivity contribution in [2.75, 3.05) is 11.4 Å². The topological polar surface area (TPSA) is 62.5 Å². The van der Waals surface area contributed by atoms with Crippen molar-refractivity contribution in [2.24, 2.45) is 5.92 Å². The number of fused-ring (bicyclic) bond motifs is 3. The zero-order valence-corrected chi connectivity index (χ0v) is 20.8. The molecule has 2 aliphatic rings. The van der Waals surface area contributed by atoms with E-state index in [0.29, 0.717) is 12.5 Å². The highest BCUT2D eigenvalue weighted by atomic mass is 32.2. The summed E-state index contributed by atoms with van der Waals surface area (Å²) in [5.74, 6) is -1.46. The Kier molecular flexibility index (Phi) is 5.23. The maximum atomic E-state index is 14.9. The van der Waals surface area contributed by atoms with E-state index in [1.54, 1.807) is 12.1 Å². The molecule has 1 fully saturated rings. The van der Waals surface area contributed by atoms with Crippen LogP contribution in [0.4, 0.5) is 10.1 Å². The maximum Gasteiger partial charge on any atom is 0.338 e. The highest BCUT2D eigenvalue weighted by Crippen LogP contribution is 2.60. The molecular formula is C29H25FN2O3S. The predicted octanol–water partition coefficient (Wildman–Crippen LogP) is 6.26. The zero-order valence-electron chi connectivity index (χ0n) is 20.0. The standard InChI is InChI=1S/C29H25FN2O3S/c1-17-14-29(17)16-32(23-12-6-4-10-21(23)29)25(33)15-31-18(2)27(19-8-3-5-11-22(19)31)36-24-13-7-9-20(26(24)30)28(34)35/h3-13,17H,14-16H2,1-2H3,(H,34,35). The highest BCUT2D eigenvalue weighted by molar-refractivity contribution is 7.99. The van der Waals surface area contributed by atoms with Gasteiger partial charge in [0, 0.05) is 44.0 Å². The largest absolute Gasteiger partial charge is 0.478 e. The van der Waals surface area contributed by atoms with Gasteiger partial charge in [0.15, 0.2) is 5.82 Å². The van der Waals surface area contributed by atoms with Crippen LogP contribution < -0.4 is 4.90 Å². The highest BCUT2D eigenvalue weighted by Gasteiger charge is 2.58. The molecule has 1 aromatic heterocycles. The lowest BCUT2D eigenvalue weighted by Gasteiger charge is -2.19. The second kappa shape index (κ2) is 8.23. The van der Waals surface area contributed by atoms with E-state index in [-0.39, 0.29) is 28.3 Å². The van der Waals surface area contributed by atoms with Crippen LogP contribution >= 0.6 is 11.8 Å². The third kappa shape index (κ3) is 3.37. The Bertz CT molecular complexity index is 1560. The molecule has 0 bridgehead atoms. The summed E-state index contributed by atoms with van der Waals surface area (Å²) >= 11 is 1.20. The molecule has 6 rings (SSSR count). The molecule has 1 aliphatic heterocycles. The molecule has 0 radical (unpaired) electrons. The van der Waals surface area contributed by atoms with Crippen LogP contribution in [0.15, 0.2) is 76.5 Å². The minimum Gasteiger partial charge on any atom is -0.478 e. The van der Waals surface area contributed by atoms with Gasteiger partial charge in [-0.3, -0.25) is 4.79 Å². The van der Waals surface area contributed by atoms with Crippen LogP contribution in [0.3, 0.4) is 0 Å². The Morgan fingerprint density at radius 1 is 1.08 bits per heavy atom. The van der Waals surface area contributed by atoms with Crippen LogP contribution in [0.2, 0.25) is 0 Å². The first-order chi connectivity index (χ1) is 17.3. The van der Waals surface area contributed by atoms with Crippen LogP contribution in [-0.4, -0.2) is 28.1 Å². The number of amides is 1. The number of nitrogens with zero attached hydrogens (tertiary/aromatic N) is 2. The van der Waals surface area contributed by atoms with Crippen molar-refractivity contribution in [2.45, 2.75) is 42.0 Å². The third-order valence-corrected chi connectivity index (χ3v) is 9.05. The number of carboxylic acids is 1. The SMILES string of the molecule is Cc1c(Sc2cccc(C(=O)O)c2F)c2ccccc2n1CC(=O)N1CC2(CC2C)c2ccccc21. The van der Waals surface area contributed by atoms with Gasteiger partial charge >= 0.3 is 5.97 Å². The first kappa shape index (κ1) is 22.9. The van der Waals surface area contributed by atoms with Gasteiger partial charge in [0.25, 0.3) is 0 Å². The molecule has 4 aromatic rings. The fourth-order valence-corrected chi connectivity index (χ4v) is 6.81. The molecule has 1 spiro atoms. The number of carbonyl (C=O) groups excluding carboxylic acids is 1. The molecule has 7 heteroatoms. The number of carboxylic acid groups (broad SMARTS) is 1. The lowest BCUT2D eigenvalue weighted by molar-refractivity contribution is -0.119. The number of aromatic nitrogens is 1. The normalized spacial score (nSPS) is 20.2. The molecule has 1 aliphatic carbocycles. The summed E-state index contributed by atoms with van der Waals surface area (Å²) < 4.78 is 16.9. The average Bonchev–Trinajstić information content (AvgIpc) is 3.30. The quantitative estimate of drug-likeness (QED) is 0.351. The fraction of sp³-hybridized carbons (Fsp3) is 0.241. The molecular weight excluding hydrogens is 475 g/mol. The molecule has 182 valence electrons. The van der Waals surface area contributed by atoms with E-state index in [2.05, 4.69) is 13.0 Å². The summed E-state index contributed by atoms with van der Waals surface area (Å²) in [4.78, 5) is 28.1. The number of para-hydroxylation sites is 2. The number of halogens is 1. The number of rotatable bonds is 5. The Morgan fingerprint density at radius 2 is 1.81 bits per heavy atom. The summed E-state index contributed by atoms with van der Waals surface area (Å²) in [6.07, 6.45) is 1.10. The summed E-state index contributed by atoms with van der Waals surface area (Å²) in [7, 11) is 0. The van der Waals surface area contributed by atoms with Gasteiger partial charge in [-0.25, -0.2) is 9.18 Å². The Labute approximate surface area is 212 Å². The number of anilines is 1. The smallest absolute Gasteiger partial charge is 0.338 e. The van der Waals surface area contributed by atoms with E-state index >= 15 is 0 Å². The number of aromatic carboxylic acids is 1. The van der Waals surface area contributed by atoms with E-state index < -0.39 is 11.8 Å². The van der Waals surface area contributed by atoms with Crippen molar-refractivity contribution in [3.8, 4) is 0 Å². The van der Waals surface area contributed by atoms with Gasteiger partial charge in [0.05, 0.1) is 5.56 Å². The second-order valence-electron chi connectivity index (χ2n) is 9.80. The van der Waals surface area contributed by atoms with Gasteiger partial charge < -0.3 is 14.6 Å². The fourth-order valence-electron chi connectivity index (χ4n) is 5.71. The van der Waals surface area contributed by atoms with Crippen molar-refractivity contribution in [3.05, 3.63) is 89.4 Å². The van der Waals surface area contributed by atoms with E-state index in [1.807, 2.05) is 58.9 Å². The Morgan fingerprint density at radius 3 is 2.56 bits per heavy atom. The average molecular weight is 501 g/mol. The van der Waals surface area contributed by atoms with Crippen LogP contribution in [0.1, 0.15) is 35.0 Å². The number of benzene rings is 3. The molecule has 2 atom stereocenters. The summed E-state index contributed by atoms with van der Waals surface area (Å²) in [5, 5.41) is 10.2. The van der Waals surface area contributed by atoms with E-state index in [1.165, 1.54) is 23.4 Å². The Hall–Kier alpha value is -3.58. The van der Waals surface area contributed by atoms with Crippen LogP contribution in [0, 0.1) is 18.7 Å². The molecule has 0 saturated heterocycles. The van der Waals surface area contributed by atoms with Crippen LogP contribution in [0.5, 0.6) is 0 Å². The van der Waals surface area contributed by atoms with Crippen LogP contribution in [0.25, 0.3) is 10.9 Å². The van der Waals surface area contributed by atoms with Gasteiger partial charge in [-0.15, -0.1) is 0 Å². The molecule has 36 heavy (non-hydrogen) atoms. The first-order valence-electron chi connectivity index (χ1n) is 12.0. The first-order valence-corrected chi connectivity index (χ1v) is 12.8. The number of hydrogen-bond donors (Lipinski definition) is 1. The van der Waals surface area contributed by atoms with Crippen molar-refractivity contribution >= 4 is 40.2 Å². The maximum absolute atomic E-state index is 14.9. The van der Waals surface area contributed by atoms with Gasteiger partial charge in [-0.1, -0.05) is 61.2 Å². The van der Waals surface area contributed by atoms with Gasteiger partial charge in [-0.2, -0.15) is 0 Å². The predicted molar refractivity (Wildman–Crippen MR) is 138 cm³/mol. The lowest BCUT2D eigenvalue weighted by atomic mass is 9.96. The molecule has 2 heterocycles. The number of carbonyl (C=O) groups is 2. The summed E-state index contributed by atoms with van der Waals surface area (Å²) in [5.41, 5.74) is 3.73. The molecule has 1 N–H and O–H groups in total. The molecule has 1 amide bonds. The van der Waals surface area contributed by atoms with Crippen molar-refractivity contribution < 1.29 is 19.1 Å². The lowest BCUT2D eigenvalue weighted by Crippen LogP contribution is -2.34. The van der Waals surface area contributed by atoms with Crippen LogP contribution in [-0.2, 0) is 16.8 Å². The Balaban J connectivity index is 1.37. The van der Waals surface area contributed by atoms with E-state index in [9.17, 15) is 19.1 Å². The molecule has 1 saturated carbocycles. The molecule has 2 unspecified atom stereocenters. The summed E-state index contributed by atoms with van der Waals surface area (Å²) in [6.45, 7) is 5.05. The summed E-state index contributed by atoms with van der Waals surface area (Å²) in [6, 6.07) is 20.4. The minimum absolute atomic E-state index is 0.0258.